The summed E-state index contributed by atoms with van der Waals surface area (Å²) in [7, 11) is 0. The predicted octanol–water partition coefficient (Wildman–Crippen LogP) is 4.36. The summed E-state index contributed by atoms with van der Waals surface area (Å²) in [6.07, 6.45) is 2.13. The standard InChI is InChI=1S/C23H21F4N5O/c1-13-2-6-18(21(20(13)24)32-29-8-9-30-32)22(33)31-17-5-7-19(31)14(11-17)10-16-4-3-15(12-28-16)23(25,26)27/h2-4,6,8-9,12,14,17,19H,5,7,10-11H2,1H3. The Hall–Kier alpha value is -3.30. The Morgan fingerprint density at radius 1 is 1.12 bits per heavy atom. The molecule has 3 aromatic rings. The molecule has 3 unspecified atom stereocenters. The van der Waals surface area contributed by atoms with Crippen molar-refractivity contribution >= 4 is 5.91 Å². The van der Waals surface area contributed by atoms with Crippen LogP contribution in [0.2, 0.25) is 0 Å². The van der Waals surface area contributed by atoms with E-state index in [1.807, 2.05) is 4.90 Å². The highest BCUT2D eigenvalue weighted by Crippen LogP contribution is 2.44. The van der Waals surface area contributed by atoms with Crippen LogP contribution in [0.3, 0.4) is 0 Å². The highest BCUT2D eigenvalue weighted by Gasteiger charge is 2.49. The number of carbonyl (C=O) groups excluding carboxylic acids is 1. The summed E-state index contributed by atoms with van der Waals surface area (Å²) in [6.45, 7) is 1.61. The lowest BCUT2D eigenvalue weighted by atomic mass is 9.86. The first-order chi connectivity index (χ1) is 15.7. The van der Waals surface area contributed by atoms with Crippen molar-refractivity contribution in [2.45, 2.75) is 50.9 Å². The van der Waals surface area contributed by atoms with Crippen LogP contribution in [0.4, 0.5) is 17.6 Å². The number of alkyl halides is 3. The van der Waals surface area contributed by atoms with E-state index in [1.165, 1.54) is 18.5 Å². The maximum atomic E-state index is 15.0. The van der Waals surface area contributed by atoms with E-state index in [0.717, 1.165) is 36.3 Å². The van der Waals surface area contributed by atoms with Gasteiger partial charge in [-0.2, -0.15) is 23.4 Å². The third kappa shape index (κ3) is 3.77. The van der Waals surface area contributed by atoms with E-state index in [1.54, 1.807) is 19.1 Å². The van der Waals surface area contributed by atoms with Crippen LogP contribution >= 0.6 is 0 Å². The van der Waals surface area contributed by atoms with Gasteiger partial charge < -0.3 is 4.90 Å². The van der Waals surface area contributed by atoms with E-state index >= 15 is 4.39 Å². The third-order valence-corrected chi connectivity index (χ3v) is 6.68. The molecule has 1 amide bonds. The average Bonchev–Trinajstić information content (AvgIpc) is 3.51. The second kappa shape index (κ2) is 7.93. The number of halogens is 4. The number of benzene rings is 1. The molecule has 5 rings (SSSR count). The smallest absolute Gasteiger partial charge is 0.332 e. The van der Waals surface area contributed by atoms with E-state index in [0.29, 0.717) is 17.7 Å². The first-order valence-corrected chi connectivity index (χ1v) is 10.7. The van der Waals surface area contributed by atoms with Crippen molar-refractivity contribution in [3.8, 4) is 5.69 Å². The number of rotatable bonds is 4. The van der Waals surface area contributed by atoms with Gasteiger partial charge in [0, 0.05) is 24.0 Å². The predicted molar refractivity (Wildman–Crippen MR) is 110 cm³/mol. The first kappa shape index (κ1) is 21.5. The van der Waals surface area contributed by atoms with Crippen LogP contribution in [0.5, 0.6) is 0 Å². The van der Waals surface area contributed by atoms with E-state index in [-0.39, 0.29) is 35.2 Å². The maximum absolute atomic E-state index is 15.0. The highest BCUT2D eigenvalue weighted by atomic mass is 19.4. The van der Waals surface area contributed by atoms with Gasteiger partial charge in [-0.25, -0.2) is 4.39 Å². The molecule has 2 saturated heterocycles. The van der Waals surface area contributed by atoms with Gasteiger partial charge in [-0.1, -0.05) is 6.07 Å². The average molecular weight is 459 g/mol. The molecule has 0 radical (unpaired) electrons. The van der Waals surface area contributed by atoms with Gasteiger partial charge in [0.2, 0.25) is 0 Å². The minimum absolute atomic E-state index is 0.00439. The zero-order valence-corrected chi connectivity index (χ0v) is 17.8. The Morgan fingerprint density at radius 2 is 1.88 bits per heavy atom. The van der Waals surface area contributed by atoms with Crippen LogP contribution in [0.1, 0.15) is 46.4 Å². The van der Waals surface area contributed by atoms with Crippen molar-refractivity contribution in [3.05, 3.63) is 71.1 Å². The Bertz CT molecular complexity index is 1180. The van der Waals surface area contributed by atoms with Crippen LogP contribution < -0.4 is 0 Å². The molecule has 1 aromatic carbocycles. The molecule has 2 aliphatic rings. The summed E-state index contributed by atoms with van der Waals surface area (Å²) in [5.41, 5.74) is 0.388. The van der Waals surface area contributed by atoms with Gasteiger partial charge >= 0.3 is 6.18 Å². The number of aromatic nitrogens is 4. The lowest BCUT2D eigenvalue weighted by Gasteiger charge is -2.25. The Morgan fingerprint density at radius 3 is 2.55 bits per heavy atom. The number of hydrogen-bond acceptors (Lipinski definition) is 4. The molecule has 3 atom stereocenters. The van der Waals surface area contributed by atoms with Gasteiger partial charge in [-0.05, 0) is 62.3 Å². The second-order valence-corrected chi connectivity index (χ2v) is 8.66. The summed E-state index contributed by atoms with van der Waals surface area (Å²) in [6, 6.07) is 5.54. The monoisotopic (exact) mass is 459 g/mol. The molecule has 0 aliphatic carbocycles. The van der Waals surface area contributed by atoms with Crippen LogP contribution in [0.25, 0.3) is 5.69 Å². The van der Waals surface area contributed by atoms with Gasteiger partial charge in [-0.15, -0.1) is 4.80 Å². The van der Waals surface area contributed by atoms with Gasteiger partial charge in [0.1, 0.15) is 5.69 Å². The number of nitrogens with zero attached hydrogens (tertiary/aromatic N) is 5. The summed E-state index contributed by atoms with van der Waals surface area (Å²) < 4.78 is 53.4. The van der Waals surface area contributed by atoms with Crippen molar-refractivity contribution in [3.63, 3.8) is 0 Å². The van der Waals surface area contributed by atoms with Crippen molar-refractivity contribution in [1.82, 2.24) is 24.9 Å². The number of amides is 1. The van der Waals surface area contributed by atoms with Crippen LogP contribution in [-0.4, -0.2) is 42.9 Å². The van der Waals surface area contributed by atoms with Crippen molar-refractivity contribution < 1.29 is 22.4 Å². The molecule has 2 aliphatic heterocycles. The number of hydrogen-bond donors (Lipinski definition) is 0. The molecule has 0 N–H and O–H groups in total. The summed E-state index contributed by atoms with van der Waals surface area (Å²) >= 11 is 0. The van der Waals surface area contributed by atoms with Crippen LogP contribution in [-0.2, 0) is 12.6 Å². The molecule has 172 valence electrons. The molecule has 4 heterocycles. The second-order valence-electron chi connectivity index (χ2n) is 8.66. The fourth-order valence-electron chi connectivity index (χ4n) is 5.13. The zero-order chi connectivity index (χ0) is 23.3. The van der Waals surface area contributed by atoms with E-state index < -0.39 is 17.6 Å². The zero-order valence-electron chi connectivity index (χ0n) is 17.8. The normalized spacial score (nSPS) is 22.2. The minimum Gasteiger partial charge on any atom is -0.332 e. The molecular weight excluding hydrogens is 438 g/mol. The minimum atomic E-state index is -4.42. The van der Waals surface area contributed by atoms with Crippen LogP contribution in [0, 0.1) is 18.7 Å². The third-order valence-electron chi connectivity index (χ3n) is 6.68. The quantitative estimate of drug-likeness (QED) is 0.544. The van der Waals surface area contributed by atoms with Crippen molar-refractivity contribution in [2.75, 3.05) is 0 Å². The first-order valence-electron chi connectivity index (χ1n) is 10.7. The lowest BCUT2D eigenvalue weighted by Crippen LogP contribution is -2.37. The summed E-state index contributed by atoms with van der Waals surface area (Å²) in [5.74, 6) is -0.746. The SMILES string of the molecule is Cc1ccc(C(=O)N2C3CCC2C(Cc2ccc(C(F)(F)F)cn2)C3)c(-n2nccn2)c1F. The molecule has 0 saturated carbocycles. The fourth-order valence-corrected chi connectivity index (χ4v) is 5.13. The van der Waals surface area contributed by atoms with Gasteiger partial charge in [-0.3, -0.25) is 9.78 Å². The molecular formula is C23H21F4N5O. The van der Waals surface area contributed by atoms with Crippen molar-refractivity contribution in [1.29, 1.82) is 0 Å². The topological polar surface area (TPSA) is 63.9 Å². The highest BCUT2D eigenvalue weighted by molar-refractivity contribution is 5.98. The number of carbonyl (C=O) groups is 1. The molecule has 6 nitrogen and oxygen atoms in total. The number of aryl methyl sites for hydroxylation is 1. The van der Waals surface area contributed by atoms with E-state index in [4.69, 9.17) is 0 Å². The summed E-state index contributed by atoms with van der Waals surface area (Å²) in [4.78, 5) is 20.5. The van der Waals surface area contributed by atoms with Crippen molar-refractivity contribution in [2.24, 2.45) is 5.92 Å². The number of fused-ring (bicyclic) bond motifs is 2. The lowest BCUT2D eigenvalue weighted by molar-refractivity contribution is -0.137. The van der Waals surface area contributed by atoms with Gasteiger partial charge in [0.15, 0.2) is 5.82 Å². The Balaban J connectivity index is 1.40. The Kier molecular flexibility index (Phi) is 5.18. The van der Waals surface area contributed by atoms with Gasteiger partial charge in [0.25, 0.3) is 5.91 Å². The van der Waals surface area contributed by atoms with E-state index in [2.05, 4.69) is 15.2 Å². The molecule has 2 aromatic heterocycles. The Labute approximate surface area is 187 Å². The maximum Gasteiger partial charge on any atom is 0.417 e. The molecule has 33 heavy (non-hydrogen) atoms. The van der Waals surface area contributed by atoms with Gasteiger partial charge in [0.05, 0.1) is 23.5 Å². The van der Waals surface area contributed by atoms with E-state index in [9.17, 15) is 18.0 Å². The largest absolute Gasteiger partial charge is 0.417 e. The molecule has 10 heteroatoms. The van der Waals surface area contributed by atoms with Crippen LogP contribution in [0.15, 0.2) is 42.9 Å². The summed E-state index contributed by atoms with van der Waals surface area (Å²) in [5, 5.41) is 8.03. The molecule has 2 fully saturated rings. The molecule has 2 bridgehead atoms. The number of pyridine rings is 1. The fraction of sp³-hybridized carbons (Fsp3) is 0.391. The molecule has 0 spiro atoms.